The zero-order valence-corrected chi connectivity index (χ0v) is 19.2. The summed E-state index contributed by atoms with van der Waals surface area (Å²) in [5.41, 5.74) is 1.25. The van der Waals surface area contributed by atoms with Crippen LogP contribution in [-0.2, 0) is 10.2 Å². The fourth-order valence-electron chi connectivity index (χ4n) is 4.25. The molecule has 12 heteroatoms. The minimum Gasteiger partial charge on any atom is -0.363 e. The average molecular weight is 496 g/mol. The molecular weight excluding hydrogens is 471 g/mol. The van der Waals surface area contributed by atoms with E-state index >= 15 is 0 Å². The van der Waals surface area contributed by atoms with E-state index < -0.39 is 40.5 Å². The van der Waals surface area contributed by atoms with E-state index in [9.17, 15) is 26.4 Å². The molecule has 182 valence electrons. The van der Waals surface area contributed by atoms with Crippen molar-refractivity contribution in [1.29, 1.82) is 0 Å². The van der Waals surface area contributed by atoms with E-state index in [2.05, 4.69) is 4.98 Å². The molecule has 0 spiro atoms. The van der Waals surface area contributed by atoms with Crippen LogP contribution in [0.2, 0.25) is 0 Å². The van der Waals surface area contributed by atoms with E-state index in [0.29, 0.717) is 24.3 Å². The highest BCUT2D eigenvalue weighted by atomic mass is 32.2. The normalized spacial score (nSPS) is 16.5. The molecule has 1 atom stereocenters. The molecule has 34 heavy (non-hydrogen) atoms. The molecule has 0 bridgehead atoms. The van der Waals surface area contributed by atoms with Crippen LogP contribution < -0.4 is 9.62 Å². The summed E-state index contributed by atoms with van der Waals surface area (Å²) in [5.74, 6) is -1.94. The van der Waals surface area contributed by atoms with E-state index in [1.165, 1.54) is 23.6 Å². The fourth-order valence-corrected chi connectivity index (χ4v) is 5.37. The standard InChI is InChI=1S/C22H24F3N5O3S/c1-2-28(11-9-23)34(32,33)27-22(31)20-13-26-21-8-6-16(14-30(20)21)29-10-3-4-19(29)17-12-15(24)5-7-18(17)25/h5-8,12-14,19H,2-4,9-11H2,1H3,(H,27,31)/t19-/m1/s1. The SMILES string of the molecule is CCN(CCF)S(=O)(=O)NC(=O)c1cnc2ccc(N3CCC[C@@H]3c3cc(F)ccc3F)cn12. The Morgan fingerprint density at radius 3 is 2.79 bits per heavy atom. The number of hydrogen-bond donors (Lipinski definition) is 1. The van der Waals surface area contributed by atoms with Gasteiger partial charge in [0.05, 0.1) is 17.9 Å². The number of aromatic nitrogens is 2. The quantitative estimate of drug-likeness (QED) is 0.519. The summed E-state index contributed by atoms with van der Waals surface area (Å²) in [6, 6.07) is 6.38. The third kappa shape index (κ3) is 4.60. The number of pyridine rings is 1. The Morgan fingerprint density at radius 1 is 1.26 bits per heavy atom. The fraction of sp³-hybridized carbons (Fsp3) is 0.364. The number of anilines is 1. The van der Waals surface area contributed by atoms with E-state index in [4.69, 9.17) is 0 Å². The van der Waals surface area contributed by atoms with Crippen molar-refractivity contribution in [3.8, 4) is 0 Å². The summed E-state index contributed by atoms with van der Waals surface area (Å²) in [6.45, 7) is 0.865. The van der Waals surface area contributed by atoms with Crippen LogP contribution in [0.3, 0.4) is 0 Å². The molecule has 1 aliphatic rings. The number of imidazole rings is 1. The second-order valence-corrected chi connectivity index (χ2v) is 9.56. The average Bonchev–Trinajstić information content (AvgIpc) is 3.45. The third-order valence-electron chi connectivity index (χ3n) is 5.87. The number of alkyl halides is 1. The molecule has 3 heterocycles. The van der Waals surface area contributed by atoms with Crippen molar-refractivity contribution in [2.75, 3.05) is 31.2 Å². The lowest BCUT2D eigenvalue weighted by molar-refractivity contribution is 0.0973. The Kier molecular flexibility index (Phi) is 6.80. The van der Waals surface area contributed by atoms with Gasteiger partial charge in [0.2, 0.25) is 0 Å². The lowest BCUT2D eigenvalue weighted by atomic mass is 10.0. The number of fused-ring (bicyclic) bond motifs is 1. The molecule has 1 saturated heterocycles. The van der Waals surface area contributed by atoms with Gasteiger partial charge in [-0.1, -0.05) is 6.92 Å². The molecule has 1 amide bonds. The summed E-state index contributed by atoms with van der Waals surface area (Å²) in [7, 11) is -4.24. The van der Waals surface area contributed by atoms with E-state index in [1.54, 1.807) is 18.3 Å². The molecule has 0 aliphatic carbocycles. The van der Waals surface area contributed by atoms with Crippen molar-refractivity contribution in [3.05, 3.63) is 65.6 Å². The third-order valence-corrected chi connectivity index (χ3v) is 7.44. The van der Waals surface area contributed by atoms with Gasteiger partial charge in [-0.05, 0) is 43.2 Å². The molecule has 3 aromatic rings. The predicted octanol–water partition coefficient (Wildman–Crippen LogP) is 3.22. The minimum absolute atomic E-state index is 0.00315. The van der Waals surface area contributed by atoms with E-state index in [1.807, 2.05) is 9.62 Å². The smallest absolute Gasteiger partial charge is 0.304 e. The Labute approximate surface area is 195 Å². The minimum atomic E-state index is -4.24. The molecule has 8 nitrogen and oxygen atoms in total. The number of nitrogens with zero attached hydrogens (tertiary/aromatic N) is 4. The van der Waals surface area contributed by atoms with Gasteiger partial charge in [-0.3, -0.25) is 9.20 Å². The van der Waals surface area contributed by atoms with Crippen molar-refractivity contribution < 1.29 is 26.4 Å². The molecular formula is C22H24F3N5O3S. The van der Waals surface area contributed by atoms with Gasteiger partial charge in [0.25, 0.3) is 5.91 Å². The maximum absolute atomic E-state index is 14.4. The van der Waals surface area contributed by atoms with Gasteiger partial charge < -0.3 is 4.90 Å². The first kappa shape index (κ1) is 24.0. The van der Waals surface area contributed by atoms with Gasteiger partial charge >= 0.3 is 10.2 Å². The number of halogens is 3. The Morgan fingerprint density at radius 2 is 2.06 bits per heavy atom. The summed E-state index contributed by atoms with van der Waals surface area (Å²) in [4.78, 5) is 18.8. The number of nitrogens with one attached hydrogen (secondary N) is 1. The lowest BCUT2D eigenvalue weighted by Gasteiger charge is -2.27. The van der Waals surface area contributed by atoms with Crippen molar-refractivity contribution in [1.82, 2.24) is 18.4 Å². The van der Waals surface area contributed by atoms with Crippen molar-refractivity contribution in [3.63, 3.8) is 0 Å². The largest absolute Gasteiger partial charge is 0.363 e. The second-order valence-electron chi connectivity index (χ2n) is 7.89. The van der Waals surface area contributed by atoms with E-state index in [-0.39, 0.29) is 24.3 Å². The number of carbonyl (C=O) groups is 1. The van der Waals surface area contributed by atoms with Gasteiger partial charge in [-0.15, -0.1) is 0 Å². The van der Waals surface area contributed by atoms with Gasteiger partial charge in [-0.2, -0.15) is 12.7 Å². The molecule has 1 aliphatic heterocycles. The summed E-state index contributed by atoms with van der Waals surface area (Å²) >= 11 is 0. The number of rotatable bonds is 8. The molecule has 4 rings (SSSR count). The van der Waals surface area contributed by atoms with Gasteiger partial charge in [0.15, 0.2) is 0 Å². The van der Waals surface area contributed by atoms with Crippen molar-refractivity contribution in [2.24, 2.45) is 0 Å². The van der Waals surface area contributed by atoms with Crippen LogP contribution in [0.5, 0.6) is 0 Å². The first-order valence-electron chi connectivity index (χ1n) is 10.8. The highest BCUT2D eigenvalue weighted by Gasteiger charge is 2.30. The topological polar surface area (TPSA) is 87.0 Å². The number of benzene rings is 1. The summed E-state index contributed by atoms with van der Waals surface area (Å²) in [6.07, 6.45) is 4.23. The molecule has 1 fully saturated rings. The lowest BCUT2D eigenvalue weighted by Crippen LogP contribution is -2.44. The molecule has 0 saturated carbocycles. The van der Waals surface area contributed by atoms with Crippen LogP contribution in [-0.4, -0.2) is 54.3 Å². The molecule has 2 aromatic heterocycles. The zero-order valence-electron chi connectivity index (χ0n) is 18.4. The number of amides is 1. The van der Waals surface area contributed by atoms with Gasteiger partial charge in [0.1, 0.15) is 29.7 Å². The van der Waals surface area contributed by atoms with Crippen LogP contribution in [0, 0.1) is 11.6 Å². The molecule has 1 aromatic carbocycles. The zero-order chi connectivity index (χ0) is 24.5. The first-order chi connectivity index (χ1) is 16.2. The number of hydrogen-bond acceptors (Lipinski definition) is 5. The Hall–Kier alpha value is -3.12. The van der Waals surface area contributed by atoms with Crippen LogP contribution in [0.4, 0.5) is 18.9 Å². The van der Waals surface area contributed by atoms with E-state index in [0.717, 1.165) is 22.9 Å². The Balaban J connectivity index is 1.65. The first-order valence-corrected chi connectivity index (χ1v) is 12.3. The van der Waals surface area contributed by atoms with Crippen molar-refractivity contribution >= 4 is 27.5 Å². The van der Waals surface area contributed by atoms with Crippen molar-refractivity contribution in [2.45, 2.75) is 25.8 Å². The van der Waals surface area contributed by atoms with Gasteiger partial charge in [0, 0.05) is 31.4 Å². The maximum Gasteiger partial charge on any atom is 0.304 e. The molecule has 0 unspecified atom stereocenters. The maximum atomic E-state index is 14.4. The summed E-state index contributed by atoms with van der Waals surface area (Å²) in [5, 5.41) is 0. The molecule has 0 radical (unpaired) electrons. The van der Waals surface area contributed by atoms with Crippen LogP contribution >= 0.6 is 0 Å². The predicted molar refractivity (Wildman–Crippen MR) is 120 cm³/mol. The Bertz CT molecular complexity index is 1310. The number of carbonyl (C=O) groups excluding carboxylic acids is 1. The van der Waals surface area contributed by atoms with Crippen LogP contribution in [0.15, 0.2) is 42.7 Å². The second kappa shape index (κ2) is 9.63. The van der Waals surface area contributed by atoms with Gasteiger partial charge in [-0.25, -0.2) is 22.9 Å². The monoisotopic (exact) mass is 495 g/mol. The van der Waals surface area contributed by atoms with Crippen LogP contribution in [0.25, 0.3) is 5.65 Å². The highest BCUT2D eigenvalue weighted by molar-refractivity contribution is 7.87. The van der Waals surface area contributed by atoms with Crippen LogP contribution in [0.1, 0.15) is 41.9 Å². The molecule has 1 N–H and O–H groups in total. The highest BCUT2D eigenvalue weighted by Crippen LogP contribution is 2.37. The summed E-state index contributed by atoms with van der Waals surface area (Å²) < 4.78 is 70.0.